The predicted molar refractivity (Wildman–Crippen MR) is 112 cm³/mol. The minimum atomic E-state index is 0.153. The van der Waals surface area contributed by atoms with Crippen molar-refractivity contribution in [3.8, 4) is 0 Å². The van der Waals surface area contributed by atoms with Gasteiger partial charge in [0.15, 0.2) is 0 Å². The average Bonchev–Trinajstić information content (AvgIpc) is 2.70. The van der Waals surface area contributed by atoms with Gasteiger partial charge in [0.1, 0.15) is 0 Å². The molecule has 1 N–H and O–H groups in total. The summed E-state index contributed by atoms with van der Waals surface area (Å²) in [5.41, 5.74) is 3.49. The van der Waals surface area contributed by atoms with Crippen LogP contribution in [-0.4, -0.2) is 62.5 Å². The quantitative estimate of drug-likeness (QED) is 0.818. The summed E-state index contributed by atoms with van der Waals surface area (Å²) < 4.78 is 0. The highest BCUT2D eigenvalue weighted by atomic mass is 16.2. The SMILES string of the molecule is CN1CCN(c2ccc(NCCC(=O)N(C)Cc3ccccc3)cc2)CC1. The lowest BCUT2D eigenvalue weighted by Crippen LogP contribution is -2.44. The highest BCUT2D eigenvalue weighted by molar-refractivity contribution is 5.76. The molecule has 1 amide bonds. The van der Waals surface area contributed by atoms with Crippen molar-refractivity contribution >= 4 is 17.3 Å². The minimum Gasteiger partial charge on any atom is -0.385 e. The molecule has 1 aliphatic rings. The smallest absolute Gasteiger partial charge is 0.224 e. The molecule has 0 radical (unpaired) electrons. The summed E-state index contributed by atoms with van der Waals surface area (Å²) in [5.74, 6) is 0.153. The molecule has 0 spiro atoms. The molecular formula is C22H30N4O. The van der Waals surface area contributed by atoms with Crippen LogP contribution in [0.2, 0.25) is 0 Å². The van der Waals surface area contributed by atoms with Crippen molar-refractivity contribution in [2.45, 2.75) is 13.0 Å². The summed E-state index contributed by atoms with van der Waals surface area (Å²) in [4.78, 5) is 18.9. The Balaban J connectivity index is 1.41. The number of nitrogens with zero attached hydrogens (tertiary/aromatic N) is 3. The van der Waals surface area contributed by atoms with Crippen LogP contribution in [0.3, 0.4) is 0 Å². The van der Waals surface area contributed by atoms with E-state index < -0.39 is 0 Å². The van der Waals surface area contributed by atoms with Gasteiger partial charge in [-0.3, -0.25) is 4.79 Å². The maximum atomic E-state index is 12.3. The molecule has 27 heavy (non-hydrogen) atoms. The van der Waals surface area contributed by atoms with Crippen molar-refractivity contribution in [3.05, 3.63) is 60.2 Å². The Kier molecular flexibility index (Phi) is 6.71. The van der Waals surface area contributed by atoms with Crippen LogP contribution >= 0.6 is 0 Å². The largest absolute Gasteiger partial charge is 0.385 e. The first-order valence-corrected chi connectivity index (χ1v) is 9.67. The third-order valence-corrected chi connectivity index (χ3v) is 5.09. The topological polar surface area (TPSA) is 38.8 Å². The summed E-state index contributed by atoms with van der Waals surface area (Å²) in [6.07, 6.45) is 0.490. The van der Waals surface area contributed by atoms with Gasteiger partial charge in [0.05, 0.1) is 0 Å². The second-order valence-corrected chi connectivity index (χ2v) is 7.25. The van der Waals surface area contributed by atoms with E-state index in [-0.39, 0.29) is 5.91 Å². The molecule has 2 aromatic rings. The molecule has 0 bridgehead atoms. The normalized spacial score (nSPS) is 14.8. The lowest BCUT2D eigenvalue weighted by atomic mass is 10.2. The molecule has 2 aromatic carbocycles. The molecular weight excluding hydrogens is 336 g/mol. The molecule has 5 nitrogen and oxygen atoms in total. The molecule has 0 aliphatic carbocycles. The van der Waals surface area contributed by atoms with Crippen molar-refractivity contribution in [3.63, 3.8) is 0 Å². The number of nitrogens with one attached hydrogen (secondary N) is 1. The highest BCUT2D eigenvalue weighted by Gasteiger charge is 2.14. The van der Waals surface area contributed by atoms with Crippen molar-refractivity contribution in [2.24, 2.45) is 0 Å². The van der Waals surface area contributed by atoms with Crippen LogP contribution in [0.1, 0.15) is 12.0 Å². The van der Waals surface area contributed by atoms with Crippen LogP contribution in [0.25, 0.3) is 0 Å². The van der Waals surface area contributed by atoms with Crippen LogP contribution in [-0.2, 0) is 11.3 Å². The Morgan fingerprint density at radius 1 is 1.00 bits per heavy atom. The summed E-state index contributed by atoms with van der Waals surface area (Å²) >= 11 is 0. The molecule has 1 aliphatic heterocycles. The maximum Gasteiger partial charge on any atom is 0.224 e. The second kappa shape index (κ2) is 9.42. The molecule has 5 heteroatoms. The van der Waals surface area contributed by atoms with Gasteiger partial charge in [-0.2, -0.15) is 0 Å². The number of hydrogen-bond acceptors (Lipinski definition) is 4. The van der Waals surface area contributed by atoms with E-state index in [1.54, 1.807) is 4.90 Å². The van der Waals surface area contributed by atoms with Crippen molar-refractivity contribution in [1.82, 2.24) is 9.80 Å². The zero-order valence-electron chi connectivity index (χ0n) is 16.4. The van der Waals surface area contributed by atoms with Crippen molar-refractivity contribution in [2.75, 3.05) is 57.0 Å². The number of amides is 1. The number of carbonyl (C=O) groups is 1. The van der Waals surface area contributed by atoms with Crippen LogP contribution in [0.15, 0.2) is 54.6 Å². The van der Waals surface area contributed by atoms with Gasteiger partial charge in [-0.1, -0.05) is 30.3 Å². The Bertz CT molecular complexity index is 709. The van der Waals surface area contributed by atoms with Gasteiger partial charge < -0.3 is 20.0 Å². The molecule has 0 saturated carbocycles. The van der Waals surface area contributed by atoms with Gasteiger partial charge in [-0.25, -0.2) is 0 Å². The van der Waals surface area contributed by atoms with E-state index in [2.05, 4.69) is 46.4 Å². The standard InChI is InChI=1S/C22H30N4O/c1-24-14-16-26(17-15-24)21-10-8-20(9-11-21)23-13-12-22(27)25(2)18-19-6-4-3-5-7-19/h3-11,23H,12-18H2,1-2H3. The molecule has 1 saturated heterocycles. The van der Waals surface area contributed by atoms with Crippen LogP contribution in [0.4, 0.5) is 11.4 Å². The molecule has 144 valence electrons. The van der Waals surface area contributed by atoms with E-state index in [4.69, 9.17) is 0 Å². The second-order valence-electron chi connectivity index (χ2n) is 7.25. The van der Waals surface area contributed by atoms with Crippen molar-refractivity contribution < 1.29 is 4.79 Å². The van der Waals surface area contributed by atoms with Gasteiger partial charge in [-0.05, 0) is 36.9 Å². The van der Waals surface area contributed by atoms with E-state index in [0.717, 1.165) is 37.4 Å². The first-order valence-electron chi connectivity index (χ1n) is 9.67. The Morgan fingerprint density at radius 3 is 2.33 bits per heavy atom. The molecule has 0 aromatic heterocycles. The van der Waals surface area contributed by atoms with Gasteiger partial charge in [0.2, 0.25) is 5.91 Å². The van der Waals surface area contributed by atoms with Crippen molar-refractivity contribution in [1.29, 1.82) is 0 Å². The summed E-state index contributed by atoms with van der Waals surface area (Å²) in [5, 5.41) is 3.36. The number of benzene rings is 2. The average molecular weight is 367 g/mol. The fourth-order valence-electron chi connectivity index (χ4n) is 3.30. The number of likely N-dealkylation sites (N-methyl/N-ethyl adjacent to an activating group) is 1. The van der Waals surface area contributed by atoms with Crippen LogP contribution in [0.5, 0.6) is 0 Å². The monoisotopic (exact) mass is 366 g/mol. The van der Waals surface area contributed by atoms with Crippen LogP contribution in [0, 0.1) is 0 Å². The van der Waals surface area contributed by atoms with E-state index >= 15 is 0 Å². The number of rotatable bonds is 7. The van der Waals surface area contributed by atoms with E-state index in [1.165, 1.54) is 5.69 Å². The van der Waals surface area contributed by atoms with E-state index in [9.17, 15) is 4.79 Å². The Morgan fingerprint density at radius 2 is 1.67 bits per heavy atom. The lowest BCUT2D eigenvalue weighted by molar-refractivity contribution is -0.130. The zero-order valence-corrected chi connectivity index (χ0v) is 16.4. The summed E-state index contributed by atoms with van der Waals surface area (Å²) in [7, 11) is 4.03. The fraction of sp³-hybridized carbons (Fsp3) is 0.409. The lowest BCUT2D eigenvalue weighted by Gasteiger charge is -2.34. The molecule has 0 unspecified atom stereocenters. The van der Waals surface area contributed by atoms with Gasteiger partial charge in [0, 0.05) is 64.1 Å². The van der Waals surface area contributed by atoms with E-state index in [0.29, 0.717) is 19.5 Å². The molecule has 1 heterocycles. The Labute approximate surface area is 162 Å². The van der Waals surface area contributed by atoms with Gasteiger partial charge >= 0.3 is 0 Å². The van der Waals surface area contributed by atoms with Crippen LogP contribution < -0.4 is 10.2 Å². The molecule has 1 fully saturated rings. The first-order chi connectivity index (χ1) is 13.1. The number of carbonyl (C=O) groups excluding carboxylic acids is 1. The number of piperazine rings is 1. The highest BCUT2D eigenvalue weighted by Crippen LogP contribution is 2.19. The first kappa shape index (κ1) is 19.2. The predicted octanol–water partition coefficient (Wildman–Crippen LogP) is 2.90. The third kappa shape index (κ3) is 5.73. The molecule has 0 atom stereocenters. The maximum absolute atomic E-state index is 12.3. The summed E-state index contributed by atoms with van der Waals surface area (Å²) in [6, 6.07) is 18.6. The molecule has 3 rings (SSSR count). The Hall–Kier alpha value is -2.53. The van der Waals surface area contributed by atoms with Gasteiger partial charge in [-0.15, -0.1) is 0 Å². The van der Waals surface area contributed by atoms with Gasteiger partial charge in [0.25, 0.3) is 0 Å². The van der Waals surface area contributed by atoms with E-state index in [1.807, 2.05) is 37.4 Å². The third-order valence-electron chi connectivity index (χ3n) is 5.09. The fourth-order valence-corrected chi connectivity index (χ4v) is 3.30. The zero-order chi connectivity index (χ0) is 19.1. The summed E-state index contributed by atoms with van der Waals surface area (Å²) in [6.45, 7) is 5.67. The number of hydrogen-bond donors (Lipinski definition) is 1. The number of anilines is 2. The minimum absolute atomic E-state index is 0.153.